The van der Waals surface area contributed by atoms with Crippen molar-refractivity contribution in [1.29, 1.82) is 0 Å². The molecule has 0 radical (unpaired) electrons. The highest BCUT2D eigenvalue weighted by Gasteiger charge is 2.32. The summed E-state index contributed by atoms with van der Waals surface area (Å²) in [6.45, 7) is 4.73. The number of nitro benzene ring substituents is 1. The number of aromatic amines is 1. The van der Waals surface area contributed by atoms with Crippen molar-refractivity contribution >= 4 is 49.7 Å². The Morgan fingerprint density at radius 1 is 0.938 bits per heavy atom. The Balaban J connectivity index is 0.969. The second-order valence-corrected chi connectivity index (χ2v) is 19.1. The monoisotopic (exact) mass is 898 g/mol. The number of fused-ring (bicyclic) bond motifs is 1. The van der Waals surface area contributed by atoms with Crippen LogP contribution in [0.5, 0.6) is 11.5 Å². The number of amides is 1. The lowest BCUT2D eigenvalue weighted by Gasteiger charge is -2.39. The number of likely N-dealkylation sites (N-methyl/N-ethyl adjacent to an activating group) is 1. The summed E-state index contributed by atoms with van der Waals surface area (Å²) in [5.74, 6) is -0.265. The molecule has 1 amide bonds. The van der Waals surface area contributed by atoms with Gasteiger partial charge in [-0.1, -0.05) is 36.4 Å². The minimum atomic E-state index is -4.57. The maximum Gasteiger partial charge on any atom is 0.293 e. The number of nitrogens with one attached hydrogen (secondary N) is 3. The molecule has 1 unspecified atom stereocenters. The molecule has 0 saturated carbocycles. The number of para-hydroxylation sites is 1. The fourth-order valence-electron chi connectivity index (χ4n) is 9.39. The Morgan fingerprint density at radius 3 is 2.52 bits per heavy atom. The Kier molecular flexibility index (Phi) is 12.7. The van der Waals surface area contributed by atoms with E-state index in [1.54, 1.807) is 24.4 Å². The first-order valence-corrected chi connectivity index (χ1v) is 23.8. The van der Waals surface area contributed by atoms with E-state index < -0.39 is 31.4 Å². The molecule has 3 aliphatic rings. The zero-order chi connectivity index (χ0) is 45.1. The van der Waals surface area contributed by atoms with Crippen molar-refractivity contribution in [2.45, 2.75) is 55.5 Å². The standard InChI is InChI=1S/C49H54N8O7S/c1-54(2)38-7-5-23-55(32-38)44-9-4-3-8-41(44)45-10-6-24-56(45)37-14-11-34(12-15-37)35-13-17-42(47(28-35)64-39-27-36-19-22-50-48(36)52-31-39)49(58)53-65(61,62)40-16-18-43(46(29-40)57(59)60)51-30-33-20-25-63-26-21-33/h3-4,8-9,11-19,22,27-29,31,33,38,45,51H,5-7,10,20-21,23-26,30,32H2,1-2H3,(H,50,52)(H,53,58)/t38?,45-/m1/s1. The third-order valence-electron chi connectivity index (χ3n) is 13.0. The van der Waals surface area contributed by atoms with Crippen LogP contribution in [0.3, 0.4) is 0 Å². The van der Waals surface area contributed by atoms with Crippen LogP contribution in [0.15, 0.2) is 114 Å². The number of benzene rings is 4. The molecule has 2 aromatic heterocycles. The van der Waals surface area contributed by atoms with Crippen LogP contribution in [0.1, 0.15) is 60.5 Å². The van der Waals surface area contributed by atoms with Gasteiger partial charge in [0.2, 0.25) is 0 Å². The number of aromatic nitrogens is 2. The van der Waals surface area contributed by atoms with Crippen LogP contribution < -0.4 is 24.6 Å². The number of nitro groups is 1. The average molecular weight is 899 g/mol. The van der Waals surface area contributed by atoms with Crippen molar-refractivity contribution < 1.29 is 27.6 Å². The molecule has 16 heteroatoms. The number of carbonyl (C=O) groups excluding carboxylic acids is 1. The number of hydrogen-bond acceptors (Lipinski definition) is 12. The first-order chi connectivity index (χ1) is 31.5. The molecular weight excluding hydrogens is 845 g/mol. The van der Waals surface area contributed by atoms with Gasteiger partial charge in [-0.25, -0.2) is 18.1 Å². The third kappa shape index (κ3) is 9.65. The number of rotatable bonds is 14. The van der Waals surface area contributed by atoms with Gasteiger partial charge in [-0.05, 0) is 130 Å². The Hall–Kier alpha value is -6.49. The van der Waals surface area contributed by atoms with Crippen LogP contribution in [0.2, 0.25) is 0 Å². The van der Waals surface area contributed by atoms with Gasteiger partial charge in [-0.3, -0.25) is 14.9 Å². The van der Waals surface area contributed by atoms with E-state index in [1.165, 1.54) is 48.5 Å². The van der Waals surface area contributed by atoms with Crippen LogP contribution in [0, 0.1) is 16.0 Å². The van der Waals surface area contributed by atoms with Gasteiger partial charge in [0.05, 0.1) is 27.6 Å². The summed E-state index contributed by atoms with van der Waals surface area (Å²) in [5.41, 5.74) is 5.76. The van der Waals surface area contributed by atoms with E-state index in [0.717, 1.165) is 73.6 Å². The fourth-order valence-corrected chi connectivity index (χ4v) is 10.4. The molecule has 4 aromatic carbocycles. The molecule has 5 heterocycles. The first-order valence-electron chi connectivity index (χ1n) is 22.3. The van der Waals surface area contributed by atoms with E-state index in [1.807, 2.05) is 6.07 Å². The summed E-state index contributed by atoms with van der Waals surface area (Å²) >= 11 is 0. The molecular formula is C49H54N8O7S. The molecule has 6 aromatic rings. The molecule has 3 fully saturated rings. The van der Waals surface area contributed by atoms with Gasteiger partial charge >= 0.3 is 0 Å². The van der Waals surface area contributed by atoms with Crippen molar-refractivity contribution in [2.75, 3.05) is 68.6 Å². The summed E-state index contributed by atoms with van der Waals surface area (Å²) in [4.78, 5) is 39.9. The number of nitrogens with zero attached hydrogens (tertiary/aromatic N) is 5. The van der Waals surface area contributed by atoms with Crippen molar-refractivity contribution in [3.05, 3.63) is 131 Å². The quantitative estimate of drug-likeness (QED) is 0.0702. The largest absolute Gasteiger partial charge is 0.455 e. The number of piperidine rings is 1. The zero-order valence-electron chi connectivity index (χ0n) is 36.6. The predicted octanol–water partition coefficient (Wildman–Crippen LogP) is 8.76. The third-order valence-corrected chi connectivity index (χ3v) is 14.3. The number of ether oxygens (including phenoxy) is 2. The summed E-state index contributed by atoms with van der Waals surface area (Å²) in [5, 5.41) is 16.0. The summed E-state index contributed by atoms with van der Waals surface area (Å²) in [6.07, 6.45) is 9.44. The normalized spacial score (nSPS) is 18.3. The minimum Gasteiger partial charge on any atom is -0.455 e. The first kappa shape index (κ1) is 43.7. The number of hydrogen-bond donors (Lipinski definition) is 3. The van der Waals surface area contributed by atoms with Crippen LogP contribution >= 0.6 is 0 Å². The van der Waals surface area contributed by atoms with Gasteiger partial charge in [0.1, 0.15) is 22.8 Å². The Bertz CT molecular complexity index is 2790. The van der Waals surface area contributed by atoms with Gasteiger partial charge in [-0.2, -0.15) is 0 Å². The Morgan fingerprint density at radius 2 is 1.72 bits per heavy atom. The van der Waals surface area contributed by atoms with E-state index >= 15 is 0 Å². The van der Waals surface area contributed by atoms with Gasteiger partial charge in [-0.15, -0.1) is 0 Å². The summed E-state index contributed by atoms with van der Waals surface area (Å²) in [7, 11) is -0.232. The predicted molar refractivity (Wildman–Crippen MR) is 253 cm³/mol. The van der Waals surface area contributed by atoms with E-state index in [-0.39, 0.29) is 29.0 Å². The Labute approximate surface area is 379 Å². The summed E-state index contributed by atoms with van der Waals surface area (Å²) in [6, 6.07) is 30.1. The molecule has 3 N–H and O–H groups in total. The highest BCUT2D eigenvalue weighted by molar-refractivity contribution is 7.90. The van der Waals surface area contributed by atoms with E-state index in [0.29, 0.717) is 37.2 Å². The number of carbonyl (C=O) groups is 1. The van der Waals surface area contributed by atoms with Gasteiger partial charge < -0.3 is 34.5 Å². The van der Waals surface area contributed by atoms with E-state index in [4.69, 9.17) is 9.47 Å². The fraction of sp³-hybridized carbons (Fsp3) is 0.347. The molecule has 338 valence electrons. The molecule has 3 saturated heterocycles. The van der Waals surface area contributed by atoms with E-state index in [2.05, 4.69) is 97.3 Å². The lowest BCUT2D eigenvalue weighted by Crippen LogP contribution is -2.45. The lowest BCUT2D eigenvalue weighted by atomic mass is 9.97. The molecule has 3 aliphatic heterocycles. The van der Waals surface area contributed by atoms with Crippen LogP contribution in [-0.2, 0) is 14.8 Å². The maximum atomic E-state index is 14.0. The van der Waals surface area contributed by atoms with Crippen LogP contribution in [0.25, 0.3) is 22.2 Å². The van der Waals surface area contributed by atoms with Crippen molar-refractivity contribution in [3.8, 4) is 22.6 Å². The maximum absolute atomic E-state index is 14.0. The lowest BCUT2D eigenvalue weighted by molar-refractivity contribution is -0.384. The van der Waals surface area contributed by atoms with Crippen molar-refractivity contribution in [1.82, 2.24) is 19.6 Å². The number of H-pyrrole nitrogens is 1. The molecule has 9 rings (SSSR count). The van der Waals surface area contributed by atoms with Gasteiger partial charge in [0.15, 0.2) is 0 Å². The second kappa shape index (κ2) is 18.9. The molecule has 2 atom stereocenters. The van der Waals surface area contributed by atoms with Gasteiger partial charge in [0, 0.05) is 74.5 Å². The van der Waals surface area contributed by atoms with Crippen LogP contribution in [0.4, 0.5) is 22.7 Å². The highest BCUT2D eigenvalue weighted by Crippen LogP contribution is 2.42. The molecule has 0 spiro atoms. The van der Waals surface area contributed by atoms with Crippen molar-refractivity contribution in [3.63, 3.8) is 0 Å². The van der Waals surface area contributed by atoms with Gasteiger partial charge in [0.25, 0.3) is 21.6 Å². The number of anilines is 3. The molecule has 0 bridgehead atoms. The smallest absolute Gasteiger partial charge is 0.293 e. The molecule has 65 heavy (non-hydrogen) atoms. The second-order valence-electron chi connectivity index (χ2n) is 17.4. The molecule has 15 nitrogen and oxygen atoms in total. The topological polar surface area (TPSA) is 175 Å². The van der Waals surface area contributed by atoms with E-state index in [9.17, 15) is 23.3 Å². The minimum absolute atomic E-state index is 0.0588. The highest BCUT2D eigenvalue weighted by atomic mass is 32.2. The average Bonchev–Trinajstić information content (AvgIpc) is 4.01. The van der Waals surface area contributed by atoms with Crippen molar-refractivity contribution in [2.24, 2.45) is 5.92 Å². The number of pyridine rings is 1. The number of sulfonamides is 1. The summed E-state index contributed by atoms with van der Waals surface area (Å²) < 4.78 is 41.3. The SMILES string of the molecule is CN(C)C1CCCN(c2ccccc2[C@H]2CCCN2c2ccc(-c3ccc(C(=O)NS(=O)(=O)c4ccc(NCC5CCOCC5)c([N+](=O)[O-])c4)c(Oc4cnc5[nH]ccc5c4)c3)cc2)C1. The zero-order valence-corrected chi connectivity index (χ0v) is 37.4. The van der Waals surface area contributed by atoms with Crippen LogP contribution in [-0.4, -0.2) is 93.6 Å². The molecule has 0 aliphatic carbocycles.